The molecule has 0 radical (unpaired) electrons. The van der Waals surface area contributed by atoms with E-state index in [-0.39, 0.29) is 49.1 Å². The molecule has 0 saturated carbocycles. The van der Waals surface area contributed by atoms with E-state index in [9.17, 15) is 18.8 Å². The van der Waals surface area contributed by atoms with Crippen LogP contribution in [0.3, 0.4) is 0 Å². The second-order valence-electron chi connectivity index (χ2n) is 8.67. The number of carbonyl (C=O) groups is 3. The molecule has 4 rings (SSSR count). The van der Waals surface area contributed by atoms with Crippen LogP contribution < -0.4 is 0 Å². The fourth-order valence-electron chi connectivity index (χ4n) is 5.01. The number of nitrogens with zero attached hydrogens (tertiary/aromatic N) is 2. The van der Waals surface area contributed by atoms with Gasteiger partial charge in [-0.2, -0.15) is 0 Å². The standard InChI is InChI=1S/C22H27FN2O5/c1-12(2)14-7-8-17-19(9-18(21(27)29-3)25(17)20(14)26)30-22(28)24-10-13-5-4-6-16(23)15(13)11-24/h4-6,12,14,17-19H,7-11H2,1-3H3/t14-,17-,18+,19-/m1/s1. The molecule has 162 valence electrons. The van der Waals surface area contributed by atoms with Crippen LogP contribution in [-0.4, -0.2) is 53.1 Å². The Kier molecular flexibility index (Phi) is 5.42. The highest BCUT2D eigenvalue weighted by Gasteiger charge is 2.53. The SMILES string of the molecule is COC(=O)[C@@H]1C[C@@H](OC(=O)N2Cc3cccc(F)c3C2)[C@H]2CC[C@H](C(C)C)C(=O)N21. The highest BCUT2D eigenvalue weighted by atomic mass is 19.1. The van der Waals surface area contributed by atoms with Crippen LogP contribution >= 0.6 is 0 Å². The first-order chi connectivity index (χ1) is 14.3. The highest BCUT2D eigenvalue weighted by Crippen LogP contribution is 2.39. The molecule has 4 atom stereocenters. The first-order valence-corrected chi connectivity index (χ1v) is 10.4. The van der Waals surface area contributed by atoms with E-state index in [2.05, 4.69) is 0 Å². The van der Waals surface area contributed by atoms with E-state index in [0.717, 1.165) is 5.56 Å². The number of fused-ring (bicyclic) bond motifs is 2. The Hall–Kier alpha value is -2.64. The lowest BCUT2D eigenvalue weighted by atomic mass is 9.84. The average Bonchev–Trinajstić information content (AvgIpc) is 3.31. The van der Waals surface area contributed by atoms with Gasteiger partial charge in [-0.1, -0.05) is 26.0 Å². The molecule has 3 aliphatic rings. The summed E-state index contributed by atoms with van der Waals surface area (Å²) in [5, 5.41) is 0. The van der Waals surface area contributed by atoms with Crippen LogP contribution in [-0.2, 0) is 32.2 Å². The Balaban J connectivity index is 1.50. The number of methoxy groups -OCH3 is 1. The minimum absolute atomic E-state index is 0.0779. The van der Waals surface area contributed by atoms with E-state index < -0.39 is 24.2 Å². The third-order valence-corrected chi connectivity index (χ3v) is 6.64. The Labute approximate surface area is 175 Å². The largest absolute Gasteiger partial charge is 0.467 e. The lowest BCUT2D eigenvalue weighted by Gasteiger charge is -2.39. The Morgan fingerprint density at radius 2 is 1.97 bits per heavy atom. The van der Waals surface area contributed by atoms with Crippen molar-refractivity contribution in [2.45, 2.75) is 64.4 Å². The molecule has 1 aromatic carbocycles. The fourth-order valence-corrected chi connectivity index (χ4v) is 5.01. The zero-order chi connectivity index (χ0) is 21.6. The van der Waals surface area contributed by atoms with Crippen LogP contribution in [0.15, 0.2) is 18.2 Å². The van der Waals surface area contributed by atoms with Gasteiger partial charge in [0.15, 0.2) is 0 Å². The number of halogens is 1. The van der Waals surface area contributed by atoms with Gasteiger partial charge in [0.05, 0.1) is 19.7 Å². The van der Waals surface area contributed by atoms with Gasteiger partial charge in [0.1, 0.15) is 18.0 Å². The lowest BCUT2D eigenvalue weighted by molar-refractivity contribution is -0.157. The molecule has 30 heavy (non-hydrogen) atoms. The second kappa shape index (κ2) is 7.89. The van der Waals surface area contributed by atoms with Crippen molar-refractivity contribution < 1.29 is 28.2 Å². The molecule has 1 aromatic rings. The van der Waals surface area contributed by atoms with E-state index in [4.69, 9.17) is 9.47 Å². The van der Waals surface area contributed by atoms with Crippen molar-refractivity contribution in [2.75, 3.05) is 7.11 Å². The van der Waals surface area contributed by atoms with E-state index in [0.29, 0.717) is 18.4 Å². The highest BCUT2D eigenvalue weighted by molar-refractivity contribution is 5.88. The van der Waals surface area contributed by atoms with Gasteiger partial charge in [-0.15, -0.1) is 0 Å². The minimum Gasteiger partial charge on any atom is -0.467 e. The van der Waals surface area contributed by atoms with Gasteiger partial charge in [0.2, 0.25) is 5.91 Å². The molecule has 8 heteroatoms. The number of piperidine rings is 1. The van der Waals surface area contributed by atoms with Gasteiger partial charge < -0.3 is 14.4 Å². The number of esters is 1. The molecule has 2 saturated heterocycles. The third kappa shape index (κ3) is 3.42. The summed E-state index contributed by atoms with van der Waals surface area (Å²) in [7, 11) is 1.29. The van der Waals surface area contributed by atoms with Crippen LogP contribution in [0.2, 0.25) is 0 Å². The van der Waals surface area contributed by atoms with Crippen molar-refractivity contribution in [3.8, 4) is 0 Å². The maximum atomic E-state index is 14.0. The molecule has 0 spiro atoms. The molecule has 2 amide bonds. The summed E-state index contributed by atoms with van der Waals surface area (Å²) in [4.78, 5) is 41.3. The van der Waals surface area contributed by atoms with Crippen LogP contribution in [0.5, 0.6) is 0 Å². The first-order valence-electron chi connectivity index (χ1n) is 10.4. The molecule has 0 bridgehead atoms. The minimum atomic E-state index is -0.750. The quantitative estimate of drug-likeness (QED) is 0.706. The molecular formula is C22H27FN2O5. The lowest BCUT2D eigenvalue weighted by Crippen LogP contribution is -2.53. The predicted octanol–water partition coefficient (Wildman–Crippen LogP) is 2.86. The Bertz CT molecular complexity index is 873. The number of carbonyl (C=O) groups excluding carboxylic acids is 3. The topological polar surface area (TPSA) is 76.1 Å². The van der Waals surface area contributed by atoms with Gasteiger partial charge in [0, 0.05) is 24.4 Å². The van der Waals surface area contributed by atoms with E-state index in [1.165, 1.54) is 18.1 Å². The van der Waals surface area contributed by atoms with Crippen molar-refractivity contribution in [3.05, 3.63) is 35.1 Å². The number of benzene rings is 1. The zero-order valence-electron chi connectivity index (χ0n) is 17.5. The summed E-state index contributed by atoms with van der Waals surface area (Å²) in [5.41, 5.74) is 1.27. The van der Waals surface area contributed by atoms with Gasteiger partial charge in [-0.05, 0) is 30.4 Å². The number of hydrogen-bond acceptors (Lipinski definition) is 5. The molecule has 7 nitrogen and oxygen atoms in total. The smallest absolute Gasteiger partial charge is 0.410 e. The summed E-state index contributed by atoms with van der Waals surface area (Å²) in [5.74, 6) is -0.897. The van der Waals surface area contributed by atoms with Crippen LogP contribution in [0.4, 0.5) is 9.18 Å². The second-order valence-corrected chi connectivity index (χ2v) is 8.67. The van der Waals surface area contributed by atoms with E-state index in [1.807, 2.05) is 13.8 Å². The average molecular weight is 418 g/mol. The van der Waals surface area contributed by atoms with Crippen LogP contribution in [0.1, 0.15) is 44.2 Å². The number of rotatable bonds is 3. The molecule has 0 aliphatic carbocycles. The Morgan fingerprint density at radius 3 is 2.63 bits per heavy atom. The van der Waals surface area contributed by atoms with Crippen molar-refractivity contribution in [3.63, 3.8) is 0 Å². The fraction of sp³-hybridized carbons (Fsp3) is 0.591. The van der Waals surface area contributed by atoms with Gasteiger partial charge in [0.25, 0.3) is 0 Å². The van der Waals surface area contributed by atoms with Crippen LogP contribution in [0.25, 0.3) is 0 Å². The summed E-state index contributed by atoms with van der Waals surface area (Å²) >= 11 is 0. The Morgan fingerprint density at radius 1 is 1.20 bits per heavy atom. The van der Waals surface area contributed by atoms with Crippen molar-refractivity contribution in [1.82, 2.24) is 9.80 Å². The van der Waals surface area contributed by atoms with Gasteiger partial charge >= 0.3 is 12.1 Å². The summed E-state index contributed by atoms with van der Waals surface area (Å²) in [6, 6.07) is 3.70. The van der Waals surface area contributed by atoms with Crippen molar-refractivity contribution in [2.24, 2.45) is 11.8 Å². The molecule has 3 aliphatic heterocycles. The first kappa shape index (κ1) is 20.6. The predicted molar refractivity (Wildman–Crippen MR) is 105 cm³/mol. The van der Waals surface area contributed by atoms with Gasteiger partial charge in [-0.25, -0.2) is 14.0 Å². The number of ether oxygens (including phenoxy) is 2. The number of hydrogen-bond donors (Lipinski definition) is 0. The normalized spacial score (nSPS) is 27.8. The molecule has 0 aromatic heterocycles. The molecule has 3 heterocycles. The molecule has 2 fully saturated rings. The molecule has 0 unspecified atom stereocenters. The molecule has 0 N–H and O–H groups in total. The number of amides is 2. The summed E-state index contributed by atoms with van der Waals surface area (Å²) in [6.07, 6.45) is 0.427. The van der Waals surface area contributed by atoms with Gasteiger partial charge in [-0.3, -0.25) is 9.69 Å². The maximum Gasteiger partial charge on any atom is 0.410 e. The maximum absolute atomic E-state index is 14.0. The monoisotopic (exact) mass is 418 g/mol. The zero-order valence-corrected chi connectivity index (χ0v) is 17.5. The van der Waals surface area contributed by atoms with E-state index >= 15 is 0 Å². The third-order valence-electron chi connectivity index (χ3n) is 6.64. The summed E-state index contributed by atoms with van der Waals surface area (Å²) < 4.78 is 24.7. The van der Waals surface area contributed by atoms with Crippen molar-refractivity contribution in [1.29, 1.82) is 0 Å². The summed E-state index contributed by atoms with van der Waals surface area (Å²) in [6.45, 7) is 4.42. The van der Waals surface area contributed by atoms with Crippen molar-refractivity contribution >= 4 is 18.0 Å². The molecular weight excluding hydrogens is 391 g/mol. The van der Waals surface area contributed by atoms with E-state index in [1.54, 1.807) is 17.0 Å². The van der Waals surface area contributed by atoms with Crippen LogP contribution in [0, 0.1) is 17.7 Å².